The maximum Gasteiger partial charge on any atom is 0.410 e. The molecule has 18 heavy (non-hydrogen) atoms. The van der Waals surface area contributed by atoms with Crippen molar-refractivity contribution in [3.8, 4) is 0 Å². The largest absolute Gasteiger partial charge is 0.410 e. The number of nitrogens with zero attached hydrogens (tertiary/aromatic N) is 3. The van der Waals surface area contributed by atoms with E-state index in [0.29, 0.717) is 19.8 Å². The molecule has 0 aliphatic carbocycles. The molecular weight excluding hydrogens is 264 g/mol. The van der Waals surface area contributed by atoms with Crippen LogP contribution in [-0.4, -0.2) is 36.3 Å². The molecule has 9 nitrogen and oxygen atoms in total. The highest BCUT2D eigenvalue weighted by Gasteiger charge is 2.30. The molecule has 1 aliphatic heterocycles. The molecule has 1 atom stereocenters. The lowest BCUT2D eigenvalue weighted by molar-refractivity contribution is -0.392. The average molecular weight is 276 g/mol. The van der Waals surface area contributed by atoms with Crippen molar-refractivity contribution in [1.29, 1.82) is 0 Å². The summed E-state index contributed by atoms with van der Waals surface area (Å²) in [6.07, 6.45) is 1.91. The molecule has 1 aromatic rings. The summed E-state index contributed by atoms with van der Waals surface area (Å²) in [6, 6.07) is 0. The van der Waals surface area contributed by atoms with Crippen LogP contribution in [0.5, 0.6) is 0 Å². The van der Waals surface area contributed by atoms with Gasteiger partial charge in [0.25, 0.3) is 0 Å². The van der Waals surface area contributed by atoms with E-state index >= 15 is 0 Å². The summed E-state index contributed by atoms with van der Waals surface area (Å²) >= 11 is 0. The molecule has 2 rings (SSSR count). The Morgan fingerprint density at radius 1 is 1.67 bits per heavy atom. The second kappa shape index (κ2) is 4.63. The van der Waals surface area contributed by atoms with Crippen LogP contribution in [-0.2, 0) is 21.3 Å². The van der Waals surface area contributed by atoms with Gasteiger partial charge in [-0.05, 0) is 11.3 Å². The third-order valence-electron chi connectivity index (χ3n) is 2.66. The number of primary sulfonamides is 1. The first-order valence-electron chi connectivity index (χ1n) is 5.20. The van der Waals surface area contributed by atoms with Crippen molar-refractivity contribution in [2.45, 2.75) is 17.9 Å². The Morgan fingerprint density at radius 3 is 2.83 bits per heavy atom. The van der Waals surface area contributed by atoms with Gasteiger partial charge >= 0.3 is 5.82 Å². The fourth-order valence-electron chi connectivity index (χ4n) is 1.81. The van der Waals surface area contributed by atoms with Crippen molar-refractivity contribution in [1.82, 2.24) is 9.78 Å². The molecule has 1 fully saturated rings. The first kappa shape index (κ1) is 12.9. The molecule has 1 aliphatic rings. The average Bonchev–Trinajstić information content (AvgIpc) is 2.85. The van der Waals surface area contributed by atoms with Gasteiger partial charge in [-0.15, -0.1) is 0 Å². The first-order chi connectivity index (χ1) is 8.38. The summed E-state index contributed by atoms with van der Waals surface area (Å²) in [5.41, 5.74) is 0. The Balaban J connectivity index is 2.30. The van der Waals surface area contributed by atoms with Gasteiger partial charge in [-0.25, -0.2) is 13.6 Å². The Bertz CT molecular complexity index is 560. The van der Waals surface area contributed by atoms with Crippen LogP contribution in [0, 0.1) is 16.0 Å². The van der Waals surface area contributed by atoms with Crippen molar-refractivity contribution in [2.24, 2.45) is 11.1 Å². The van der Waals surface area contributed by atoms with Crippen LogP contribution in [0.4, 0.5) is 5.82 Å². The smallest absolute Gasteiger partial charge is 0.381 e. The highest BCUT2D eigenvalue weighted by atomic mass is 32.2. The minimum absolute atomic E-state index is 0.179. The molecule has 0 bridgehead atoms. The van der Waals surface area contributed by atoms with E-state index in [-0.39, 0.29) is 5.92 Å². The molecule has 0 spiro atoms. The molecule has 0 radical (unpaired) electrons. The molecule has 10 heteroatoms. The van der Waals surface area contributed by atoms with Crippen LogP contribution in [0.1, 0.15) is 6.42 Å². The summed E-state index contributed by atoms with van der Waals surface area (Å²) in [4.78, 5) is 9.28. The number of ether oxygens (including phenoxy) is 1. The number of nitrogens with two attached hydrogens (primary N) is 1. The molecule has 100 valence electrons. The van der Waals surface area contributed by atoms with Gasteiger partial charge in [0.1, 0.15) is 0 Å². The third kappa shape index (κ3) is 2.66. The van der Waals surface area contributed by atoms with Crippen LogP contribution in [0.2, 0.25) is 0 Å². The van der Waals surface area contributed by atoms with Crippen molar-refractivity contribution in [2.75, 3.05) is 13.2 Å². The van der Waals surface area contributed by atoms with E-state index in [1.54, 1.807) is 0 Å². The van der Waals surface area contributed by atoms with Gasteiger partial charge < -0.3 is 14.9 Å². The van der Waals surface area contributed by atoms with Crippen LogP contribution in [0.25, 0.3) is 0 Å². The second-order valence-electron chi connectivity index (χ2n) is 4.07. The van der Waals surface area contributed by atoms with E-state index in [0.717, 1.165) is 12.6 Å². The van der Waals surface area contributed by atoms with Crippen LogP contribution in [0.15, 0.2) is 11.1 Å². The lowest BCUT2D eigenvalue weighted by atomic mass is 10.1. The van der Waals surface area contributed by atoms with Crippen molar-refractivity contribution >= 4 is 15.8 Å². The minimum atomic E-state index is -4.15. The maximum atomic E-state index is 11.2. The van der Waals surface area contributed by atoms with E-state index in [4.69, 9.17) is 9.88 Å². The maximum absolute atomic E-state index is 11.2. The van der Waals surface area contributed by atoms with Crippen molar-refractivity contribution in [3.63, 3.8) is 0 Å². The molecule has 2 N–H and O–H groups in total. The summed E-state index contributed by atoms with van der Waals surface area (Å²) in [5, 5.41) is 19.3. The SMILES string of the molecule is NS(=O)(=O)c1cn(CC2CCOC2)nc1[N+](=O)[O-]. The number of nitro groups is 1. The quantitative estimate of drug-likeness (QED) is 0.581. The van der Waals surface area contributed by atoms with Gasteiger partial charge in [0.2, 0.25) is 14.9 Å². The van der Waals surface area contributed by atoms with Gasteiger partial charge in [-0.1, -0.05) is 0 Å². The normalized spacial score (nSPS) is 20.2. The number of aromatic nitrogens is 2. The molecule has 0 amide bonds. The molecule has 1 aromatic heterocycles. The van der Waals surface area contributed by atoms with E-state index < -0.39 is 25.7 Å². The fourth-order valence-corrected chi connectivity index (χ4v) is 2.44. The van der Waals surface area contributed by atoms with Gasteiger partial charge in [-0.3, -0.25) is 0 Å². The zero-order valence-electron chi connectivity index (χ0n) is 9.35. The highest BCUT2D eigenvalue weighted by molar-refractivity contribution is 7.89. The topological polar surface area (TPSA) is 130 Å². The number of hydrogen-bond donors (Lipinski definition) is 1. The molecule has 1 saturated heterocycles. The van der Waals surface area contributed by atoms with E-state index in [1.165, 1.54) is 4.68 Å². The van der Waals surface area contributed by atoms with Crippen LogP contribution < -0.4 is 5.14 Å². The minimum Gasteiger partial charge on any atom is -0.381 e. The predicted molar refractivity (Wildman–Crippen MR) is 59.2 cm³/mol. The van der Waals surface area contributed by atoms with Crippen molar-refractivity contribution < 1.29 is 18.1 Å². The fraction of sp³-hybridized carbons (Fsp3) is 0.625. The molecule has 2 heterocycles. The van der Waals surface area contributed by atoms with E-state index in [1.807, 2.05) is 0 Å². The van der Waals surface area contributed by atoms with Crippen molar-refractivity contribution in [3.05, 3.63) is 16.3 Å². The second-order valence-corrected chi connectivity index (χ2v) is 5.60. The highest BCUT2D eigenvalue weighted by Crippen LogP contribution is 2.22. The van der Waals surface area contributed by atoms with Gasteiger partial charge in [0, 0.05) is 12.5 Å². The number of sulfonamides is 1. The zero-order valence-corrected chi connectivity index (χ0v) is 10.2. The van der Waals surface area contributed by atoms with Crippen LogP contribution in [0.3, 0.4) is 0 Å². The third-order valence-corrected chi connectivity index (χ3v) is 3.56. The monoisotopic (exact) mass is 276 g/mol. The van der Waals surface area contributed by atoms with Gasteiger partial charge in [-0.2, -0.15) is 4.68 Å². The lowest BCUT2D eigenvalue weighted by Crippen LogP contribution is -2.13. The summed E-state index contributed by atoms with van der Waals surface area (Å²) in [6.45, 7) is 1.55. The van der Waals surface area contributed by atoms with E-state index in [2.05, 4.69) is 5.10 Å². The molecule has 0 saturated carbocycles. The van der Waals surface area contributed by atoms with Crippen LogP contribution >= 0.6 is 0 Å². The Kier molecular flexibility index (Phi) is 3.32. The molecular formula is C8H12N4O5S. The van der Waals surface area contributed by atoms with Gasteiger partial charge in [0.15, 0.2) is 0 Å². The Labute approximate surface area is 103 Å². The molecule has 1 unspecified atom stereocenters. The first-order valence-corrected chi connectivity index (χ1v) is 6.75. The van der Waals surface area contributed by atoms with Gasteiger partial charge in [0.05, 0.1) is 24.4 Å². The lowest BCUT2D eigenvalue weighted by Gasteiger charge is -2.02. The summed E-state index contributed by atoms with van der Waals surface area (Å²) < 4.78 is 28.8. The zero-order chi connectivity index (χ0) is 13.3. The number of hydrogen-bond acceptors (Lipinski definition) is 6. The standard InChI is InChI=1S/C8H12N4O5S/c9-18(15,16)7-4-11(10-8(7)12(13)14)3-6-1-2-17-5-6/h4,6H,1-3,5H2,(H2,9,15,16). The Morgan fingerprint density at radius 2 is 2.39 bits per heavy atom. The Hall–Kier alpha value is -1.52. The molecule has 0 aromatic carbocycles. The summed E-state index contributed by atoms with van der Waals surface area (Å²) in [5.74, 6) is -0.561. The predicted octanol–water partition coefficient (Wildman–Crippen LogP) is -0.525. The van der Waals surface area contributed by atoms with E-state index in [9.17, 15) is 18.5 Å². The number of rotatable bonds is 4. The summed E-state index contributed by atoms with van der Waals surface area (Å²) in [7, 11) is -4.15.